The Labute approximate surface area is 138 Å². The standard InChI is InChI=1S/C17H26N6/c1-17(2,3)23-16(18-19-20-23)15(14-8-6-5-7-9-14)22-12-10-21(4)11-13-22/h5-9,15H,10-13H2,1-4H3/t15-/m0/s1. The Morgan fingerprint density at radius 1 is 1.00 bits per heavy atom. The molecule has 0 radical (unpaired) electrons. The van der Waals surface area contributed by atoms with E-state index in [1.165, 1.54) is 5.56 Å². The van der Waals surface area contributed by atoms with Crippen LogP contribution in [0.15, 0.2) is 30.3 Å². The van der Waals surface area contributed by atoms with Crippen LogP contribution in [0, 0.1) is 0 Å². The summed E-state index contributed by atoms with van der Waals surface area (Å²) in [5.74, 6) is 0.924. The second kappa shape index (κ2) is 6.37. The summed E-state index contributed by atoms with van der Waals surface area (Å²) in [6.45, 7) is 10.6. The van der Waals surface area contributed by atoms with E-state index in [0.717, 1.165) is 32.0 Å². The van der Waals surface area contributed by atoms with Crippen LogP contribution in [0.3, 0.4) is 0 Å². The third-order valence-corrected chi connectivity index (χ3v) is 4.39. The molecule has 0 aliphatic carbocycles. The van der Waals surface area contributed by atoms with Gasteiger partial charge >= 0.3 is 0 Å². The Hall–Kier alpha value is -1.79. The second-order valence-electron chi connectivity index (χ2n) is 7.27. The molecular formula is C17H26N6. The van der Waals surface area contributed by atoms with Gasteiger partial charge in [0.1, 0.15) is 0 Å². The first-order chi connectivity index (χ1) is 11.0. The van der Waals surface area contributed by atoms with Crippen molar-refractivity contribution >= 4 is 0 Å². The third kappa shape index (κ3) is 3.43. The lowest BCUT2D eigenvalue weighted by molar-refractivity contribution is 0.118. The van der Waals surface area contributed by atoms with Crippen molar-refractivity contribution in [1.29, 1.82) is 0 Å². The van der Waals surface area contributed by atoms with Crippen molar-refractivity contribution in [2.75, 3.05) is 33.2 Å². The quantitative estimate of drug-likeness (QED) is 0.864. The topological polar surface area (TPSA) is 50.1 Å². The fourth-order valence-electron chi connectivity index (χ4n) is 3.08. The van der Waals surface area contributed by atoms with Gasteiger partial charge in [0.05, 0.1) is 11.6 Å². The van der Waals surface area contributed by atoms with Crippen LogP contribution in [0.4, 0.5) is 0 Å². The van der Waals surface area contributed by atoms with E-state index in [2.05, 4.69) is 83.5 Å². The molecule has 23 heavy (non-hydrogen) atoms. The zero-order valence-electron chi connectivity index (χ0n) is 14.5. The second-order valence-corrected chi connectivity index (χ2v) is 7.27. The van der Waals surface area contributed by atoms with E-state index in [4.69, 9.17) is 0 Å². The Kier molecular flexibility index (Phi) is 4.46. The molecule has 0 spiro atoms. The molecule has 1 aliphatic heterocycles. The first kappa shape index (κ1) is 16.1. The molecule has 6 nitrogen and oxygen atoms in total. The number of nitrogens with zero attached hydrogens (tertiary/aromatic N) is 6. The summed E-state index contributed by atoms with van der Waals surface area (Å²) in [4.78, 5) is 4.86. The van der Waals surface area contributed by atoms with Crippen molar-refractivity contribution in [2.45, 2.75) is 32.4 Å². The van der Waals surface area contributed by atoms with Gasteiger partial charge in [-0.05, 0) is 43.8 Å². The van der Waals surface area contributed by atoms with Crippen molar-refractivity contribution in [2.24, 2.45) is 0 Å². The monoisotopic (exact) mass is 314 g/mol. The summed E-state index contributed by atoms with van der Waals surface area (Å²) in [6, 6.07) is 10.7. The van der Waals surface area contributed by atoms with E-state index in [1.54, 1.807) is 0 Å². The maximum atomic E-state index is 4.40. The first-order valence-corrected chi connectivity index (χ1v) is 8.23. The molecule has 3 rings (SSSR count). The summed E-state index contributed by atoms with van der Waals surface area (Å²) >= 11 is 0. The lowest BCUT2D eigenvalue weighted by Gasteiger charge is -2.38. The summed E-state index contributed by atoms with van der Waals surface area (Å²) in [5, 5.41) is 12.6. The van der Waals surface area contributed by atoms with Gasteiger partial charge in [-0.1, -0.05) is 30.3 Å². The molecule has 0 N–H and O–H groups in total. The summed E-state index contributed by atoms with van der Waals surface area (Å²) in [7, 11) is 2.17. The highest BCUT2D eigenvalue weighted by atomic mass is 15.6. The van der Waals surface area contributed by atoms with Crippen LogP contribution < -0.4 is 0 Å². The zero-order valence-corrected chi connectivity index (χ0v) is 14.5. The lowest BCUT2D eigenvalue weighted by atomic mass is 10.0. The fourth-order valence-corrected chi connectivity index (χ4v) is 3.08. The van der Waals surface area contributed by atoms with Gasteiger partial charge < -0.3 is 4.90 Å². The number of tetrazole rings is 1. The average Bonchev–Trinajstić information content (AvgIpc) is 3.00. The predicted octanol–water partition coefficient (Wildman–Crippen LogP) is 1.76. The van der Waals surface area contributed by atoms with Crippen molar-refractivity contribution in [3.05, 3.63) is 41.7 Å². The van der Waals surface area contributed by atoms with E-state index >= 15 is 0 Å². The SMILES string of the molecule is CN1CCN([C@@H](c2ccccc2)c2nnnn2C(C)(C)C)CC1. The Bertz CT molecular complexity index is 622. The van der Waals surface area contributed by atoms with Gasteiger partial charge in [0.25, 0.3) is 0 Å². The van der Waals surface area contributed by atoms with E-state index < -0.39 is 0 Å². The Balaban J connectivity index is 2.01. The van der Waals surface area contributed by atoms with Crippen LogP contribution in [-0.2, 0) is 5.54 Å². The average molecular weight is 314 g/mol. The van der Waals surface area contributed by atoms with Gasteiger partial charge in [-0.3, -0.25) is 4.90 Å². The van der Waals surface area contributed by atoms with Gasteiger partial charge in [-0.2, -0.15) is 0 Å². The maximum absolute atomic E-state index is 4.40. The lowest BCUT2D eigenvalue weighted by Crippen LogP contribution is -2.47. The molecule has 1 aromatic heterocycles. The van der Waals surface area contributed by atoms with Crippen molar-refractivity contribution in [3.8, 4) is 0 Å². The Morgan fingerprint density at radius 2 is 1.65 bits per heavy atom. The highest BCUT2D eigenvalue weighted by Gasteiger charge is 2.32. The molecule has 6 heteroatoms. The number of aromatic nitrogens is 4. The molecule has 1 atom stereocenters. The van der Waals surface area contributed by atoms with Crippen LogP contribution in [0.1, 0.15) is 38.2 Å². The molecular weight excluding hydrogens is 288 g/mol. The molecule has 0 bridgehead atoms. The summed E-state index contributed by atoms with van der Waals surface area (Å²) in [5.41, 5.74) is 1.11. The molecule has 0 saturated carbocycles. The highest BCUT2D eigenvalue weighted by molar-refractivity contribution is 5.25. The minimum absolute atomic E-state index is 0.0964. The summed E-state index contributed by atoms with van der Waals surface area (Å²) in [6.07, 6.45) is 0. The minimum Gasteiger partial charge on any atom is -0.304 e. The van der Waals surface area contributed by atoms with Gasteiger partial charge in [0, 0.05) is 26.2 Å². The molecule has 1 saturated heterocycles. The third-order valence-electron chi connectivity index (χ3n) is 4.39. The first-order valence-electron chi connectivity index (χ1n) is 8.23. The van der Waals surface area contributed by atoms with Crippen LogP contribution in [0.25, 0.3) is 0 Å². The van der Waals surface area contributed by atoms with E-state index in [-0.39, 0.29) is 11.6 Å². The smallest absolute Gasteiger partial charge is 0.173 e. The predicted molar refractivity (Wildman–Crippen MR) is 90.2 cm³/mol. The maximum Gasteiger partial charge on any atom is 0.173 e. The number of likely N-dealkylation sites (N-methyl/N-ethyl adjacent to an activating group) is 1. The molecule has 0 unspecified atom stereocenters. The van der Waals surface area contributed by atoms with Crippen LogP contribution in [0.2, 0.25) is 0 Å². The molecule has 2 aromatic rings. The number of hydrogen-bond donors (Lipinski definition) is 0. The van der Waals surface area contributed by atoms with Gasteiger partial charge in [-0.25, -0.2) is 4.68 Å². The van der Waals surface area contributed by atoms with Gasteiger partial charge in [0.15, 0.2) is 5.82 Å². The highest BCUT2D eigenvalue weighted by Crippen LogP contribution is 2.30. The van der Waals surface area contributed by atoms with Crippen molar-refractivity contribution in [1.82, 2.24) is 30.0 Å². The van der Waals surface area contributed by atoms with Crippen LogP contribution in [0.5, 0.6) is 0 Å². The largest absolute Gasteiger partial charge is 0.304 e. The number of rotatable bonds is 3. The van der Waals surface area contributed by atoms with Gasteiger partial charge in [0.2, 0.25) is 0 Å². The Morgan fingerprint density at radius 3 is 2.26 bits per heavy atom. The molecule has 124 valence electrons. The van der Waals surface area contributed by atoms with E-state index in [0.29, 0.717) is 0 Å². The normalized spacial score (nSPS) is 19.0. The molecule has 2 heterocycles. The van der Waals surface area contributed by atoms with Crippen LogP contribution >= 0.6 is 0 Å². The molecule has 1 aliphatic rings. The van der Waals surface area contributed by atoms with Crippen molar-refractivity contribution in [3.63, 3.8) is 0 Å². The number of piperazine rings is 1. The number of benzene rings is 1. The molecule has 1 fully saturated rings. The fraction of sp³-hybridized carbons (Fsp3) is 0.588. The molecule has 1 aromatic carbocycles. The van der Waals surface area contributed by atoms with Gasteiger partial charge in [-0.15, -0.1) is 5.10 Å². The summed E-state index contributed by atoms with van der Waals surface area (Å²) < 4.78 is 1.96. The number of hydrogen-bond acceptors (Lipinski definition) is 5. The van der Waals surface area contributed by atoms with Crippen molar-refractivity contribution < 1.29 is 0 Å². The van der Waals surface area contributed by atoms with E-state index in [1.807, 2.05) is 4.68 Å². The minimum atomic E-state index is -0.140. The zero-order chi connectivity index (χ0) is 16.4. The van der Waals surface area contributed by atoms with E-state index in [9.17, 15) is 0 Å². The molecule has 0 amide bonds. The van der Waals surface area contributed by atoms with Crippen LogP contribution in [-0.4, -0.2) is 63.2 Å².